The first-order chi connectivity index (χ1) is 27.7. The summed E-state index contributed by atoms with van der Waals surface area (Å²) in [7, 11) is 0. The number of fused-ring (bicyclic) bond motifs is 7. The number of benzene rings is 10. The maximum absolute atomic E-state index is 2.43. The smallest absolute Gasteiger partial charge is 0.0476 e. The predicted molar refractivity (Wildman–Crippen MR) is 243 cm³/mol. The van der Waals surface area contributed by atoms with Crippen molar-refractivity contribution in [2.45, 2.75) is 0 Å². The van der Waals surface area contributed by atoms with Gasteiger partial charge in [0.05, 0.1) is 0 Å². The van der Waals surface area contributed by atoms with Crippen LogP contribution in [0.5, 0.6) is 0 Å². The summed E-state index contributed by atoms with van der Waals surface area (Å²) in [5.74, 6) is 0. The van der Waals surface area contributed by atoms with Gasteiger partial charge in [-0.25, -0.2) is 0 Å². The number of hydrogen-bond donors (Lipinski definition) is 0. The molecule has 11 aromatic rings. The third-order valence-corrected chi connectivity index (χ3v) is 12.4. The van der Waals surface area contributed by atoms with Gasteiger partial charge in [0.15, 0.2) is 0 Å². The van der Waals surface area contributed by atoms with Crippen LogP contribution in [0.25, 0.3) is 85.9 Å². The molecule has 1 heterocycles. The normalized spacial score (nSPS) is 11.6. The fourth-order valence-electron chi connectivity index (χ4n) is 8.46. The van der Waals surface area contributed by atoms with Gasteiger partial charge in [-0.05, 0) is 103 Å². The Labute approximate surface area is 330 Å². The van der Waals surface area contributed by atoms with Crippen LogP contribution in [0.1, 0.15) is 0 Å². The fourth-order valence-corrected chi connectivity index (χ4v) is 9.71. The van der Waals surface area contributed by atoms with E-state index >= 15 is 0 Å². The average Bonchev–Trinajstić information content (AvgIpc) is 3.65. The molecule has 56 heavy (non-hydrogen) atoms. The number of thiophene rings is 1. The summed E-state index contributed by atoms with van der Waals surface area (Å²) in [5.41, 5.74) is 10.8. The second kappa shape index (κ2) is 13.4. The standard InChI is InChI=1S/C54H35NS/c1-2-11-36(12-3-1)38-21-23-39(24-22-38)40-25-28-43(29-26-40)55(44-30-27-37-13-4-5-15-42(37)33-44)45-31-32-49-52-35-51(47-20-10-16-41-14-6-7-17-46(41)47)48-18-8-9-19-50(48)54(52)56-53(49)34-45/h1-35H. The maximum atomic E-state index is 2.43. The third kappa shape index (κ3) is 5.54. The number of nitrogens with zero attached hydrogens (tertiary/aromatic N) is 1. The Hall–Kier alpha value is -7.00. The van der Waals surface area contributed by atoms with E-state index in [1.807, 2.05) is 11.3 Å². The summed E-state index contributed by atoms with van der Waals surface area (Å²) in [6.07, 6.45) is 0. The van der Waals surface area contributed by atoms with E-state index < -0.39 is 0 Å². The zero-order valence-electron chi connectivity index (χ0n) is 30.6. The molecule has 0 aliphatic heterocycles. The van der Waals surface area contributed by atoms with Gasteiger partial charge in [-0.2, -0.15) is 0 Å². The van der Waals surface area contributed by atoms with E-state index in [1.54, 1.807) is 0 Å². The largest absolute Gasteiger partial charge is 0.310 e. The molecule has 0 aliphatic rings. The molecular formula is C54H35NS. The lowest BCUT2D eigenvalue weighted by Crippen LogP contribution is -2.09. The summed E-state index contributed by atoms with van der Waals surface area (Å²) in [6, 6.07) is 77.6. The Morgan fingerprint density at radius 3 is 1.61 bits per heavy atom. The molecule has 0 bridgehead atoms. The van der Waals surface area contributed by atoms with Gasteiger partial charge in [0.1, 0.15) is 0 Å². The molecule has 0 N–H and O–H groups in total. The Balaban J connectivity index is 1.04. The van der Waals surface area contributed by atoms with Crippen LogP contribution in [0, 0.1) is 0 Å². The average molecular weight is 730 g/mol. The van der Waals surface area contributed by atoms with Gasteiger partial charge in [0.25, 0.3) is 0 Å². The van der Waals surface area contributed by atoms with Crippen LogP contribution < -0.4 is 4.90 Å². The van der Waals surface area contributed by atoms with Crippen molar-refractivity contribution in [2.75, 3.05) is 4.90 Å². The highest BCUT2D eigenvalue weighted by molar-refractivity contribution is 7.26. The lowest BCUT2D eigenvalue weighted by molar-refractivity contribution is 1.30. The van der Waals surface area contributed by atoms with Gasteiger partial charge in [-0.15, -0.1) is 11.3 Å². The minimum absolute atomic E-state index is 1.12. The Morgan fingerprint density at radius 2 is 0.839 bits per heavy atom. The number of hydrogen-bond acceptors (Lipinski definition) is 2. The molecular weight excluding hydrogens is 695 g/mol. The zero-order valence-corrected chi connectivity index (χ0v) is 31.4. The first-order valence-corrected chi connectivity index (χ1v) is 20.0. The van der Waals surface area contributed by atoms with Crippen molar-refractivity contribution in [3.8, 4) is 33.4 Å². The predicted octanol–water partition coefficient (Wildman–Crippen LogP) is 16.0. The molecule has 0 spiro atoms. The molecule has 0 fully saturated rings. The first-order valence-electron chi connectivity index (χ1n) is 19.2. The highest BCUT2D eigenvalue weighted by atomic mass is 32.1. The minimum Gasteiger partial charge on any atom is -0.310 e. The molecule has 11 rings (SSSR count). The SMILES string of the molecule is c1ccc(-c2ccc(-c3ccc(N(c4ccc5ccccc5c4)c4ccc5c(c4)sc4c6ccccc6c(-c6cccc7ccccc67)cc54)cc3)cc2)cc1. The van der Waals surface area contributed by atoms with Crippen molar-refractivity contribution in [1.29, 1.82) is 0 Å². The highest BCUT2D eigenvalue weighted by Crippen LogP contribution is 2.46. The molecule has 0 saturated heterocycles. The van der Waals surface area contributed by atoms with Crippen LogP contribution in [-0.2, 0) is 0 Å². The van der Waals surface area contributed by atoms with Crippen LogP contribution in [0.2, 0.25) is 0 Å². The van der Waals surface area contributed by atoms with Gasteiger partial charge in [0, 0.05) is 42.6 Å². The molecule has 1 nitrogen and oxygen atoms in total. The lowest BCUT2D eigenvalue weighted by atomic mass is 9.92. The molecule has 2 heteroatoms. The molecule has 10 aromatic carbocycles. The van der Waals surface area contributed by atoms with Crippen molar-refractivity contribution in [3.05, 3.63) is 212 Å². The summed E-state index contributed by atoms with van der Waals surface area (Å²) < 4.78 is 2.61. The van der Waals surface area contributed by atoms with Gasteiger partial charge >= 0.3 is 0 Å². The van der Waals surface area contributed by atoms with Crippen molar-refractivity contribution in [3.63, 3.8) is 0 Å². The van der Waals surface area contributed by atoms with Crippen molar-refractivity contribution in [2.24, 2.45) is 0 Å². The van der Waals surface area contributed by atoms with Crippen LogP contribution >= 0.6 is 11.3 Å². The molecule has 0 atom stereocenters. The molecule has 262 valence electrons. The van der Waals surface area contributed by atoms with Crippen molar-refractivity contribution < 1.29 is 0 Å². The van der Waals surface area contributed by atoms with Gasteiger partial charge in [-0.3, -0.25) is 0 Å². The Kier molecular flexibility index (Phi) is 7.75. The van der Waals surface area contributed by atoms with Gasteiger partial charge in [0.2, 0.25) is 0 Å². The molecule has 0 radical (unpaired) electrons. The zero-order chi connectivity index (χ0) is 37.0. The summed E-state index contributed by atoms with van der Waals surface area (Å²) >= 11 is 1.90. The summed E-state index contributed by atoms with van der Waals surface area (Å²) in [4.78, 5) is 2.40. The van der Waals surface area contributed by atoms with Crippen LogP contribution in [0.15, 0.2) is 212 Å². The summed E-state index contributed by atoms with van der Waals surface area (Å²) in [5, 5.41) is 10.2. The van der Waals surface area contributed by atoms with E-state index in [4.69, 9.17) is 0 Å². The Bertz CT molecular complexity index is 3230. The molecule has 0 saturated carbocycles. The van der Waals surface area contributed by atoms with E-state index in [1.165, 1.54) is 85.9 Å². The van der Waals surface area contributed by atoms with Crippen LogP contribution in [-0.4, -0.2) is 0 Å². The van der Waals surface area contributed by atoms with Crippen molar-refractivity contribution >= 4 is 80.9 Å². The van der Waals surface area contributed by atoms with Gasteiger partial charge in [-0.1, -0.05) is 170 Å². The topological polar surface area (TPSA) is 3.24 Å². The minimum atomic E-state index is 1.12. The van der Waals surface area contributed by atoms with Crippen molar-refractivity contribution in [1.82, 2.24) is 0 Å². The third-order valence-electron chi connectivity index (χ3n) is 11.2. The van der Waals surface area contributed by atoms with E-state index in [2.05, 4.69) is 217 Å². The van der Waals surface area contributed by atoms with E-state index in [9.17, 15) is 0 Å². The summed E-state index contributed by atoms with van der Waals surface area (Å²) in [6.45, 7) is 0. The fraction of sp³-hybridized carbons (Fsp3) is 0. The van der Waals surface area contributed by atoms with E-state index in [0.29, 0.717) is 0 Å². The van der Waals surface area contributed by atoms with E-state index in [-0.39, 0.29) is 0 Å². The quantitative estimate of drug-likeness (QED) is 0.165. The van der Waals surface area contributed by atoms with Crippen LogP contribution in [0.3, 0.4) is 0 Å². The lowest BCUT2D eigenvalue weighted by Gasteiger charge is -2.26. The molecule has 0 amide bonds. The maximum Gasteiger partial charge on any atom is 0.0476 e. The second-order valence-corrected chi connectivity index (χ2v) is 15.6. The molecule has 0 aliphatic carbocycles. The van der Waals surface area contributed by atoms with Crippen LogP contribution in [0.4, 0.5) is 17.1 Å². The molecule has 0 unspecified atom stereocenters. The monoisotopic (exact) mass is 729 g/mol. The molecule has 1 aromatic heterocycles. The Morgan fingerprint density at radius 1 is 0.286 bits per heavy atom. The number of rotatable bonds is 6. The van der Waals surface area contributed by atoms with Gasteiger partial charge < -0.3 is 4.90 Å². The highest BCUT2D eigenvalue weighted by Gasteiger charge is 2.18. The first kappa shape index (κ1) is 32.4. The number of anilines is 3. The van der Waals surface area contributed by atoms with E-state index in [0.717, 1.165) is 17.1 Å². The second-order valence-electron chi connectivity index (χ2n) is 14.5.